The van der Waals surface area contributed by atoms with E-state index in [-0.39, 0.29) is 11.9 Å². The summed E-state index contributed by atoms with van der Waals surface area (Å²) in [6.07, 6.45) is 6.07. The highest BCUT2D eigenvalue weighted by molar-refractivity contribution is 5.81. The molecule has 0 bridgehead atoms. The van der Waals surface area contributed by atoms with Gasteiger partial charge in [0.25, 0.3) is 0 Å². The van der Waals surface area contributed by atoms with Crippen LogP contribution in [-0.2, 0) is 11.3 Å². The maximum absolute atomic E-state index is 12.6. The van der Waals surface area contributed by atoms with Gasteiger partial charge in [-0.1, -0.05) is 25.3 Å². The van der Waals surface area contributed by atoms with Gasteiger partial charge >= 0.3 is 0 Å². The summed E-state index contributed by atoms with van der Waals surface area (Å²) in [6.45, 7) is 6.71. The molecule has 1 aliphatic carbocycles. The average Bonchev–Trinajstić information content (AvgIpc) is 2.74. The molecule has 0 aromatic heterocycles. The maximum atomic E-state index is 12.6. The minimum atomic E-state index is -0.0508. The highest BCUT2D eigenvalue weighted by Gasteiger charge is 2.27. The van der Waals surface area contributed by atoms with Gasteiger partial charge in [-0.25, -0.2) is 0 Å². The second kappa shape index (κ2) is 10.1. The molecule has 3 rings (SSSR count). The molecule has 1 amide bonds. The lowest BCUT2D eigenvalue weighted by Crippen LogP contribution is -2.54. The molecule has 2 fully saturated rings. The molecule has 1 saturated carbocycles. The Bertz CT molecular complexity index is 638. The SMILES string of the molecule is COc1ccc(CN2CCN([C@H](C)C(=O)NC3CCCCC3)CC2)cc1OC. The van der Waals surface area contributed by atoms with Crippen molar-refractivity contribution in [2.45, 2.75) is 57.7 Å². The van der Waals surface area contributed by atoms with Crippen molar-refractivity contribution in [3.63, 3.8) is 0 Å². The number of piperazine rings is 1. The topological polar surface area (TPSA) is 54.0 Å². The predicted octanol–water partition coefficient (Wildman–Crippen LogP) is 2.66. The van der Waals surface area contributed by atoms with Gasteiger partial charge in [0.2, 0.25) is 5.91 Å². The largest absolute Gasteiger partial charge is 0.493 e. The van der Waals surface area contributed by atoms with Crippen LogP contribution in [0.3, 0.4) is 0 Å². The van der Waals surface area contributed by atoms with Gasteiger partial charge in [0.1, 0.15) is 0 Å². The summed E-state index contributed by atoms with van der Waals surface area (Å²) in [5.74, 6) is 1.72. The summed E-state index contributed by atoms with van der Waals surface area (Å²) < 4.78 is 10.7. The molecular weight excluding hydrogens is 354 g/mol. The number of rotatable bonds is 7. The number of hydrogen-bond acceptors (Lipinski definition) is 5. The summed E-state index contributed by atoms with van der Waals surface area (Å²) in [4.78, 5) is 17.4. The number of amides is 1. The number of carbonyl (C=O) groups is 1. The van der Waals surface area contributed by atoms with Crippen molar-refractivity contribution in [2.75, 3.05) is 40.4 Å². The molecule has 0 spiro atoms. The minimum Gasteiger partial charge on any atom is -0.493 e. The van der Waals surface area contributed by atoms with Crippen molar-refractivity contribution in [1.29, 1.82) is 0 Å². The van der Waals surface area contributed by atoms with Crippen molar-refractivity contribution in [1.82, 2.24) is 15.1 Å². The zero-order chi connectivity index (χ0) is 19.9. The smallest absolute Gasteiger partial charge is 0.237 e. The van der Waals surface area contributed by atoms with E-state index in [1.165, 1.54) is 24.8 Å². The van der Waals surface area contributed by atoms with Gasteiger partial charge in [0, 0.05) is 38.8 Å². The average molecular weight is 390 g/mol. The van der Waals surface area contributed by atoms with E-state index < -0.39 is 0 Å². The molecule has 1 aromatic rings. The number of carbonyl (C=O) groups excluding carboxylic acids is 1. The summed E-state index contributed by atoms with van der Waals surface area (Å²) in [5, 5.41) is 3.27. The minimum absolute atomic E-state index is 0.0508. The van der Waals surface area contributed by atoms with Crippen LogP contribution in [0.1, 0.15) is 44.6 Å². The van der Waals surface area contributed by atoms with E-state index in [0.717, 1.165) is 57.1 Å². The monoisotopic (exact) mass is 389 g/mol. The fourth-order valence-corrected chi connectivity index (χ4v) is 4.28. The second-order valence-electron chi connectivity index (χ2n) is 8.02. The lowest BCUT2D eigenvalue weighted by molar-refractivity contribution is -0.127. The third-order valence-corrected chi connectivity index (χ3v) is 6.14. The van der Waals surface area contributed by atoms with Crippen LogP contribution < -0.4 is 14.8 Å². The summed E-state index contributed by atoms with van der Waals surface area (Å²) >= 11 is 0. The normalized spacial score (nSPS) is 20.5. The number of ether oxygens (including phenoxy) is 2. The Labute approximate surface area is 169 Å². The standard InChI is InChI=1S/C22H35N3O3/c1-17(22(26)23-19-7-5-4-6-8-19)25-13-11-24(12-14-25)16-18-9-10-20(27-2)21(15-18)28-3/h9-10,15,17,19H,4-8,11-14,16H2,1-3H3,(H,23,26)/t17-/m1/s1. The summed E-state index contributed by atoms with van der Waals surface area (Å²) in [6, 6.07) is 6.43. The maximum Gasteiger partial charge on any atom is 0.237 e. The molecular formula is C22H35N3O3. The van der Waals surface area contributed by atoms with Crippen LogP contribution in [0.2, 0.25) is 0 Å². The van der Waals surface area contributed by atoms with Gasteiger partial charge in [-0.3, -0.25) is 14.6 Å². The molecule has 1 atom stereocenters. The molecule has 6 heteroatoms. The fourth-order valence-electron chi connectivity index (χ4n) is 4.28. The van der Waals surface area contributed by atoms with E-state index in [0.29, 0.717) is 6.04 Å². The zero-order valence-corrected chi connectivity index (χ0v) is 17.6. The Morgan fingerprint density at radius 3 is 2.39 bits per heavy atom. The number of methoxy groups -OCH3 is 2. The van der Waals surface area contributed by atoms with E-state index in [4.69, 9.17) is 9.47 Å². The summed E-state index contributed by atoms with van der Waals surface area (Å²) in [5.41, 5.74) is 1.22. The van der Waals surface area contributed by atoms with Crippen LogP contribution in [0.15, 0.2) is 18.2 Å². The molecule has 6 nitrogen and oxygen atoms in total. The third kappa shape index (κ3) is 5.39. The molecule has 1 N–H and O–H groups in total. The van der Waals surface area contributed by atoms with Crippen molar-refractivity contribution < 1.29 is 14.3 Å². The van der Waals surface area contributed by atoms with E-state index in [9.17, 15) is 4.79 Å². The first-order chi connectivity index (χ1) is 13.6. The Balaban J connectivity index is 1.46. The molecule has 0 radical (unpaired) electrons. The first-order valence-electron chi connectivity index (χ1n) is 10.6. The van der Waals surface area contributed by atoms with Gasteiger partial charge < -0.3 is 14.8 Å². The fraction of sp³-hybridized carbons (Fsp3) is 0.682. The third-order valence-electron chi connectivity index (χ3n) is 6.14. The van der Waals surface area contributed by atoms with Gasteiger partial charge in [-0.05, 0) is 37.5 Å². The van der Waals surface area contributed by atoms with Gasteiger partial charge in [0.05, 0.1) is 20.3 Å². The number of nitrogens with zero attached hydrogens (tertiary/aromatic N) is 2. The highest BCUT2D eigenvalue weighted by Crippen LogP contribution is 2.28. The van der Waals surface area contributed by atoms with Crippen molar-refractivity contribution in [3.8, 4) is 11.5 Å². The predicted molar refractivity (Wildman–Crippen MR) is 111 cm³/mol. The van der Waals surface area contributed by atoms with E-state index in [1.807, 2.05) is 19.1 Å². The van der Waals surface area contributed by atoms with Crippen molar-refractivity contribution in [2.24, 2.45) is 0 Å². The van der Waals surface area contributed by atoms with E-state index in [2.05, 4.69) is 21.2 Å². The molecule has 1 heterocycles. The summed E-state index contributed by atoms with van der Waals surface area (Å²) in [7, 11) is 3.32. The second-order valence-corrected chi connectivity index (χ2v) is 8.02. The molecule has 1 saturated heterocycles. The van der Waals surface area contributed by atoms with Crippen molar-refractivity contribution >= 4 is 5.91 Å². The van der Waals surface area contributed by atoms with Crippen LogP contribution in [0.4, 0.5) is 0 Å². The molecule has 28 heavy (non-hydrogen) atoms. The number of nitrogens with one attached hydrogen (secondary N) is 1. The van der Waals surface area contributed by atoms with Crippen LogP contribution >= 0.6 is 0 Å². The Kier molecular flexibility index (Phi) is 7.57. The van der Waals surface area contributed by atoms with E-state index >= 15 is 0 Å². The van der Waals surface area contributed by atoms with Gasteiger partial charge in [0.15, 0.2) is 11.5 Å². The van der Waals surface area contributed by atoms with Crippen molar-refractivity contribution in [3.05, 3.63) is 23.8 Å². The van der Waals surface area contributed by atoms with Crippen LogP contribution in [0.5, 0.6) is 11.5 Å². The van der Waals surface area contributed by atoms with Gasteiger partial charge in [-0.2, -0.15) is 0 Å². The number of benzene rings is 1. The lowest BCUT2D eigenvalue weighted by Gasteiger charge is -2.38. The first-order valence-corrected chi connectivity index (χ1v) is 10.6. The lowest BCUT2D eigenvalue weighted by atomic mass is 9.95. The Hall–Kier alpha value is -1.79. The van der Waals surface area contributed by atoms with Crippen LogP contribution in [-0.4, -0.2) is 68.2 Å². The number of hydrogen-bond donors (Lipinski definition) is 1. The molecule has 2 aliphatic rings. The highest BCUT2D eigenvalue weighted by atomic mass is 16.5. The molecule has 1 aliphatic heterocycles. The Morgan fingerprint density at radius 2 is 1.75 bits per heavy atom. The quantitative estimate of drug-likeness (QED) is 0.777. The molecule has 1 aromatic carbocycles. The Morgan fingerprint density at radius 1 is 1.07 bits per heavy atom. The van der Waals surface area contributed by atoms with Gasteiger partial charge in [-0.15, -0.1) is 0 Å². The van der Waals surface area contributed by atoms with E-state index in [1.54, 1.807) is 14.2 Å². The first kappa shape index (κ1) is 20.9. The van der Waals surface area contributed by atoms with Crippen LogP contribution in [0, 0.1) is 0 Å². The molecule has 0 unspecified atom stereocenters. The zero-order valence-electron chi connectivity index (χ0n) is 17.6. The molecule has 156 valence electrons. The van der Waals surface area contributed by atoms with Crippen LogP contribution in [0.25, 0.3) is 0 Å².